The van der Waals surface area contributed by atoms with Gasteiger partial charge in [0.2, 0.25) is 11.8 Å². The van der Waals surface area contributed by atoms with Crippen molar-refractivity contribution in [2.75, 3.05) is 23.7 Å². The molecule has 0 bridgehead atoms. The van der Waals surface area contributed by atoms with Gasteiger partial charge in [-0.25, -0.2) is 4.98 Å². The number of fused-ring (bicyclic) bond motifs is 1. The van der Waals surface area contributed by atoms with Crippen molar-refractivity contribution >= 4 is 56.5 Å². The summed E-state index contributed by atoms with van der Waals surface area (Å²) in [5.41, 5.74) is 3.99. The molecule has 3 heterocycles. The molecule has 0 atom stereocenters. The fourth-order valence-corrected chi connectivity index (χ4v) is 5.10. The second kappa shape index (κ2) is 10.9. The van der Waals surface area contributed by atoms with Crippen molar-refractivity contribution in [2.24, 2.45) is 5.92 Å². The highest BCUT2D eigenvalue weighted by atomic mass is 79.9. The molecule has 10 heteroatoms. The van der Waals surface area contributed by atoms with Crippen LogP contribution in [-0.2, 0) is 16.1 Å². The average Bonchev–Trinajstić information content (AvgIpc) is 3.28. The van der Waals surface area contributed by atoms with Crippen LogP contribution in [0.2, 0.25) is 5.02 Å². The van der Waals surface area contributed by atoms with Crippen LogP contribution >= 0.6 is 27.5 Å². The Morgan fingerprint density at radius 3 is 2.65 bits per heavy atom. The summed E-state index contributed by atoms with van der Waals surface area (Å²) in [6, 6.07) is 17.3. The average molecular weight is 582 g/mol. The van der Waals surface area contributed by atoms with Gasteiger partial charge >= 0.3 is 0 Å². The molecule has 4 aromatic rings. The van der Waals surface area contributed by atoms with E-state index in [2.05, 4.69) is 31.7 Å². The number of carbonyl (C=O) groups excluding carboxylic acids is 2. The first kappa shape index (κ1) is 25.2. The first-order valence-corrected chi connectivity index (χ1v) is 13.2. The highest BCUT2D eigenvalue weighted by Gasteiger charge is 2.26. The fraction of sp³-hybridized carbons (Fsp3) is 0.259. The maximum atomic E-state index is 12.8. The second-order valence-corrected chi connectivity index (χ2v) is 10.3. The Bertz CT molecular complexity index is 1460. The van der Waals surface area contributed by atoms with Gasteiger partial charge in [0.05, 0.1) is 16.4 Å². The lowest BCUT2D eigenvalue weighted by atomic mass is 9.95. The summed E-state index contributed by atoms with van der Waals surface area (Å²) in [7, 11) is 0. The Morgan fingerprint density at radius 2 is 1.89 bits per heavy atom. The number of halogens is 2. The molecule has 5 rings (SSSR count). The smallest absolute Gasteiger partial charge is 0.227 e. The maximum Gasteiger partial charge on any atom is 0.227 e. The van der Waals surface area contributed by atoms with E-state index in [1.807, 2.05) is 54.6 Å². The van der Waals surface area contributed by atoms with Crippen LogP contribution in [0.1, 0.15) is 25.3 Å². The van der Waals surface area contributed by atoms with Crippen molar-refractivity contribution in [3.63, 3.8) is 0 Å². The number of nitrogens with one attached hydrogen (secondary N) is 2. The predicted molar refractivity (Wildman–Crippen MR) is 149 cm³/mol. The van der Waals surface area contributed by atoms with Gasteiger partial charge in [0, 0.05) is 54.8 Å². The van der Waals surface area contributed by atoms with Gasteiger partial charge in [-0.05, 0) is 52.5 Å². The van der Waals surface area contributed by atoms with Crippen molar-refractivity contribution in [1.29, 1.82) is 0 Å². The normalized spacial score (nSPS) is 14.1. The van der Waals surface area contributed by atoms with Crippen molar-refractivity contribution in [3.05, 3.63) is 75.9 Å². The van der Waals surface area contributed by atoms with E-state index in [9.17, 15) is 9.59 Å². The van der Waals surface area contributed by atoms with Gasteiger partial charge in [0.25, 0.3) is 0 Å². The molecule has 0 saturated carbocycles. The molecule has 1 aliphatic heterocycles. The lowest BCUT2D eigenvalue weighted by molar-refractivity contribution is -0.132. The number of likely N-dealkylation sites (tertiary alicyclic amines) is 1. The van der Waals surface area contributed by atoms with Crippen molar-refractivity contribution in [1.82, 2.24) is 19.5 Å². The minimum Gasteiger partial charge on any atom is -0.366 e. The van der Waals surface area contributed by atoms with E-state index >= 15 is 0 Å². The molecule has 37 heavy (non-hydrogen) atoms. The van der Waals surface area contributed by atoms with Gasteiger partial charge in [-0.15, -0.1) is 0 Å². The number of anilines is 2. The number of hydrogen-bond acceptors (Lipinski definition) is 5. The summed E-state index contributed by atoms with van der Waals surface area (Å²) in [6.07, 6.45) is 3.07. The van der Waals surface area contributed by atoms with E-state index in [1.54, 1.807) is 22.5 Å². The molecule has 1 aliphatic rings. The van der Waals surface area contributed by atoms with Crippen LogP contribution in [0.4, 0.5) is 11.5 Å². The number of benzene rings is 2. The molecule has 190 valence electrons. The monoisotopic (exact) mass is 580 g/mol. The van der Waals surface area contributed by atoms with Crippen molar-refractivity contribution in [3.8, 4) is 11.3 Å². The number of nitrogens with zero attached hydrogens (tertiary/aromatic N) is 4. The minimum atomic E-state index is -0.0935. The molecule has 2 N–H and O–H groups in total. The summed E-state index contributed by atoms with van der Waals surface area (Å²) in [5, 5.41) is 11.6. The van der Waals surface area contributed by atoms with Crippen LogP contribution in [-0.4, -0.2) is 44.4 Å². The van der Waals surface area contributed by atoms with E-state index < -0.39 is 0 Å². The molecule has 0 aliphatic carbocycles. The Labute approximate surface area is 228 Å². The standard InChI is InChI=1S/C27H26BrClN6O2/c1-17(36)34-11-9-19(10-12-34)27(37)32-20-6-4-5-18(13-20)15-30-25-14-24(21-7-2-3-8-23(21)29)33-26-22(28)16-31-35(25)26/h2-8,13-14,16,19,30H,9-12,15H2,1H3,(H,32,37). The van der Waals surface area contributed by atoms with Crippen LogP contribution in [0.25, 0.3) is 16.9 Å². The number of aromatic nitrogens is 3. The van der Waals surface area contributed by atoms with E-state index in [0.29, 0.717) is 43.1 Å². The van der Waals surface area contributed by atoms with E-state index in [0.717, 1.165) is 32.8 Å². The second-order valence-electron chi connectivity index (χ2n) is 9.06. The third-order valence-corrected chi connectivity index (χ3v) is 7.45. The van der Waals surface area contributed by atoms with Crippen LogP contribution in [0.5, 0.6) is 0 Å². The van der Waals surface area contributed by atoms with Crippen LogP contribution < -0.4 is 10.6 Å². The van der Waals surface area contributed by atoms with Gasteiger partial charge in [0.15, 0.2) is 5.65 Å². The zero-order valence-electron chi connectivity index (χ0n) is 20.2. The summed E-state index contributed by atoms with van der Waals surface area (Å²) >= 11 is 9.97. The first-order chi connectivity index (χ1) is 17.9. The number of piperidine rings is 1. The lowest BCUT2D eigenvalue weighted by Crippen LogP contribution is -2.40. The zero-order valence-corrected chi connectivity index (χ0v) is 22.6. The predicted octanol–water partition coefficient (Wildman–Crippen LogP) is 5.62. The molecular weight excluding hydrogens is 556 g/mol. The van der Waals surface area contributed by atoms with Crippen LogP contribution in [0.3, 0.4) is 0 Å². The quantitative estimate of drug-likeness (QED) is 0.308. The van der Waals surface area contributed by atoms with Crippen LogP contribution in [0, 0.1) is 5.92 Å². The molecule has 2 amide bonds. The molecule has 1 fully saturated rings. The Balaban J connectivity index is 1.30. The summed E-state index contributed by atoms with van der Waals surface area (Å²) in [6.45, 7) is 3.33. The number of rotatable bonds is 6. The highest BCUT2D eigenvalue weighted by Crippen LogP contribution is 2.30. The summed E-state index contributed by atoms with van der Waals surface area (Å²) < 4.78 is 2.52. The van der Waals surface area contributed by atoms with Crippen molar-refractivity contribution < 1.29 is 9.59 Å². The minimum absolute atomic E-state index is 0.00470. The van der Waals surface area contributed by atoms with Gasteiger partial charge < -0.3 is 15.5 Å². The summed E-state index contributed by atoms with van der Waals surface area (Å²) in [5.74, 6) is 0.725. The highest BCUT2D eigenvalue weighted by molar-refractivity contribution is 9.10. The van der Waals surface area contributed by atoms with Gasteiger partial charge in [-0.3, -0.25) is 9.59 Å². The Hall–Kier alpha value is -3.43. The Kier molecular flexibility index (Phi) is 7.43. The number of hydrogen-bond donors (Lipinski definition) is 2. The van der Waals surface area contributed by atoms with E-state index in [1.165, 1.54) is 0 Å². The number of amides is 2. The third kappa shape index (κ3) is 5.62. The summed E-state index contributed by atoms with van der Waals surface area (Å²) in [4.78, 5) is 30.9. The fourth-order valence-electron chi connectivity index (χ4n) is 4.52. The molecule has 8 nitrogen and oxygen atoms in total. The van der Waals surface area contributed by atoms with E-state index in [-0.39, 0.29) is 17.7 Å². The molecule has 0 radical (unpaired) electrons. The van der Waals surface area contributed by atoms with E-state index in [4.69, 9.17) is 16.6 Å². The number of carbonyl (C=O) groups is 2. The van der Waals surface area contributed by atoms with Gasteiger partial charge in [-0.1, -0.05) is 41.9 Å². The molecular formula is C27H26BrClN6O2. The topological polar surface area (TPSA) is 91.6 Å². The van der Waals surface area contributed by atoms with Gasteiger partial charge in [0.1, 0.15) is 5.82 Å². The molecule has 0 unspecified atom stereocenters. The SMILES string of the molecule is CC(=O)N1CCC(C(=O)Nc2cccc(CNc3cc(-c4ccccc4Cl)nc4c(Br)cnn34)c2)CC1. The first-order valence-electron chi connectivity index (χ1n) is 12.1. The molecule has 2 aromatic carbocycles. The Morgan fingerprint density at radius 1 is 1.11 bits per heavy atom. The molecule has 1 saturated heterocycles. The third-order valence-electron chi connectivity index (χ3n) is 6.56. The van der Waals surface area contributed by atoms with Crippen molar-refractivity contribution in [2.45, 2.75) is 26.3 Å². The van der Waals surface area contributed by atoms with Gasteiger partial charge in [-0.2, -0.15) is 9.61 Å². The largest absolute Gasteiger partial charge is 0.366 e. The van der Waals surface area contributed by atoms with Crippen LogP contribution in [0.15, 0.2) is 65.3 Å². The maximum absolute atomic E-state index is 12.8. The molecule has 2 aromatic heterocycles. The molecule has 0 spiro atoms. The lowest BCUT2D eigenvalue weighted by Gasteiger charge is -2.30. The zero-order chi connectivity index (χ0) is 25.9.